The number of hydrogen-bond acceptors (Lipinski definition) is 2. The number of benzene rings is 1. The van der Waals surface area contributed by atoms with Crippen LogP contribution >= 0.6 is 0 Å². The van der Waals surface area contributed by atoms with Crippen LogP contribution in [0.25, 0.3) is 0 Å². The molecule has 0 atom stereocenters. The van der Waals surface area contributed by atoms with E-state index in [4.69, 9.17) is 0 Å². The molecule has 1 aromatic rings. The van der Waals surface area contributed by atoms with Crippen LogP contribution in [0.15, 0.2) is 24.3 Å². The SMILES string of the molecule is CONc1[c]cccc1. The van der Waals surface area contributed by atoms with Crippen LogP contribution in [0.1, 0.15) is 0 Å². The molecule has 0 saturated heterocycles. The van der Waals surface area contributed by atoms with Crippen LogP contribution in [-0.4, -0.2) is 7.11 Å². The molecule has 1 N–H and O–H groups in total. The molecule has 2 nitrogen and oxygen atoms in total. The molecule has 47 valence electrons. The average molecular weight is 122 g/mol. The van der Waals surface area contributed by atoms with Gasteiger partial charge >= 0.3 is 0 Å². The van der Waals surface area contributed by atoms with Crippen molar-refractivity contribution >= 4 is 5.69 Å². The largest absolute Gasteiger partial charge is 0.279 e. The summed E-state index contributed by atoms with van der Waals surface area (Å²) in [5.41, 5.74) is 3.50. The summed E-state index contributed by atoms with van der Waals surface area (Å²) < 4.78 is 0. The zero-order chi connectivity index (χ0) is 6.53. The fourth-order valence-electron chi connectivity index (χ4n) is 0.567. The number of hydrogen-bond donors (Lipinski definition) is 1. The first-order valence-electron chi connectivity index (χ1n) is 2.69. The minimum atomic E-state index is 0.847. The third-order valence-corrected chi connectivity index (χ3v) is 0.921. The van der Waals surface area contributed by atoms with Gasteiger partial charge in [0.25, 0.3) is 0 Å². The third kappa shape index (κ3) is 1.74. The van der Waals surface area contributed by atoms with E-state index in [0.717, 1.165) is 5.69 Å². The standard InChI is InChI=1S/C7H8NO/c1-9-8-7-5-3-2-4-6-7/h2-5,8H,1H3. The van der Waals surface area contributed by atoms with E-state index in [1.54, 1.807) is 7.11 Å². The molecule has 0 amide bonds. The van der Waals surface area contributed by atoms with Crippen LogP contribution in [-0.2, 0) is 4.84 Å². The molecular weight excluding hydrogens is 114 g/mol. The quantitative estimate of drug-likeness (QED) is 0.599. The van der Waals surface area contributed by atoms with Gasteiger partial charge in [0.2, 0.25) is 0 Å². The zero-order valence-corrected chi connectivity index (χ0v) is 5.22. The highest BCUT2D eigenvalue weighted by atomic mass is 16.6. The van der Waals surface area contributed by atoms with Crippen LogP contribution < -0.4 is 5.48 Å². The first-order chi connectivity index (χ1) is 4.43. The third-order valence-electron chi connectivity index (χ3n) is 0.921. The van der Waals surface area contributed by atoms with Crippen molar-refractivity contribution in [3.8, 4) is 0 Å². The lowest BCUT2D eigenvalue weighted by Gasteiger charge is -1.98. The normalized spacial score (nSPS) is 9.00. The van der Waals surface area contributed by atoms with Gasteiger partial charge in [0.05, 0.1) is 12.8 Å². The minimum Gasteiger partial charge on any atom is -0.279 e. The molecule has 0 aromatic heterocycles. The van der Waals surface area contributed by atoms with Gasteiger partial charge in [-0.1, -0.05) is 18.2 Å². The van der Waals surface area contributed by atoms with Crippen molar-refractivity contribution in [3.63, 3.8) is 0 Å². The topological polar surface area (TPSA) is 21.3 Å². The fourth-order valence-corrected chi connectivity index (χ4v) is 0.567. The van der Waals surface area contributed by atoms with Gasteiger partial charge in [0, 0.05) is 6.07 Å². The Hall–Kier alpha value is -1.02. The highest BCUT2D eigenvalue weighted by molar-refractivity contribution is 5.38. The van der Waals surface area contributed by atoms with Crippen LogP contribution in [0, 0.1) is 6.07 Å². The molecule has 0 fully saturated rings. The summed E-state index contributed by atoms with van der Waals surface area (Å²) in [6.45, 7) is 0. The predicted molar refractivity (Wildman–Crippen MR) is 35.9 cm³/mol. The molecule has 0 aliphatic heterocycles. The van der Waals surface area contributed by atoms with E-state index >= 15 is 0 Å². The summed E-state index contributed by atoms with van der Waals surface area (Å²) >= 11 is 0. The van der Waals surface area contributed by atoms with Gasteiger partial charge in [-0.3, -0.25) is 10.3 Å². The van der Waals surface area contributed by atoms with E-state index in [9.17, 15) is 0 Å². The van der Waals surface area contributed by atoms with Gasteiger partial charge in [0.1, 0.15) is 0 Å². The van der Waals surface area contributed by atoms with Crippen molar-refractivity contribution in [2.24, 2.45) is 0 Å². The molecule has 0 heterocycles. The highest BCUT2D eigenvalue weighted by Crippen LogP contribution is 2.01. The maximum absolute atomic E-state index is 4.65. The van der Waals surface area contributed by atoms with E-state index in [0.29, 0.717) is 0 Å². The van der Waals surface area contributed by atoms with Gasteiger partial charge in [-0.15, -0.1) is 0 Å². The van der Waals surface area contributed by atoms with E-state index in [1.165, 1.54) is 0 Å². The second-order valence-corrected chi connectivity index (χ2v) is 1.58. The predicted octanol–water partition coefficient (Wildman–Crippen LogP) is 1.46. The van der Waals surface area contributed by atoms with Crippen molar-refractivity contribution in [2.45, 2.75) is 0 Å². The lowest BCUT2D eigenvalue weighted by molar-refractivity contribution is 0.271. The lowest BCUT2D eigenvalue weighted by atomic mass is 10.3. The van der Waals surface area contributed by atoms with Crippen LogP contribution in [0.2, 0.25) is 0 Å². The number of para-hydroxylation sites is 1. The van der Waals surface area contributed by atoms with E-state index in [2.05, 4.69) is 16.4 Å². The van der Waals surface area contributed by atoms with Gasteiger partial charge < -0.3 is 0 Å². The lowest BCUT2D eigenvalue weighted by Crippen LogP contribution is -1.93. The van der Waals surface area contributed by atoms with Crippen molar-refractivity contribution in [1.29, 1.82) is 0 Å². The first-order valence-corrected chi connectivity index (χ1v) is 2.69. The molecule has 0 aliphatic rings. The summed E-state index contributed by atoms with van der Waals surface area (Å²) in [5.74, 6) is 0. The molecule has 0 aliphatic carbocycles. The van der Waals surface area contributed by atoms with Crippen molar-refractivity contribution < 1.29 is 4.84 Å². The Morgan fingerprint density at radius 3 is 3.00 bits per heavy atom. The van der Waals surface area contributed by atoms with Crippen molar-refractivity contribution in [2.75, 3.05) is 12.6 Å². The Kier molecular flexibility index (Phi) is 2.10. The molecule has 0 spiro atoms. The summed E-state index contributed by atoms with van der Waals surface area (Å²) in [5, 5.41) is 0. The Labute approximate surface area is 54.4 Å². The molecule has 1 rings (SSSR count). The van der Waals surface area contributed by atoms with Crippen LogP contribution in [0.4, 0.5) is 5.69 Å². The zero-order valence-electron chi connectivity index (χ0n) is 5.22. The van der Waals surface area contributed by atoms with Crippen LogP contribution in [0.3, 0.4) is 0 Å². The van der Waals surface area contributed by atoms with E-state index in [-0.39, 0.29) is 0 Å². The summed E-state index contributed by atoms with van der Waals surface area (Å²) in [7, 11) is 1.57. The van der Waals surface area contributed by atoms with Gasteiger partial charge in [-0.05, 0) is 6.07 Å². The molecule has 0 unspecified atom stereocenters. The molecule has 9 heavy (non-hydrogen) atoms. The Balaban J connectivity index is 2.61. The number of anilines is 1. The monoisotopic (exact) mass is 122 g/mol. The van der Waals surface area contributed by atoms with Crippen molar-refractivity contribution in [1.82, 2.24) is 0 Å². The van der Waals surface area contributed by atoms with E-state index < -0.39 is 0 Å². The first kappa shape index (κ1) is 6.11. The highest BCUT2D eigenvalue weighted by Gasteiger charge is 1.83. The molecule has 2 heteroatoms. The molecule has 0 saturated carbocycles. The second kappa shape index (κ2) is 3.10. The Bertz CT molecular complexity index is 162. The van der Waals surface area contributed by atoms with Gasteiger partial charge in [-0.2, -0.15) is 0 Å². The second-order valence-electron chi connectivity index (χ2n) is 1.58. The summed E-state index contributed by atoms with van der Waals surface area (Å²) in [6.07, 6.45) is 0. The van der Waals surface area contributed by atoms with Gasteiger partial charge in [-0.25, -0.2) is 0 Å². The molecule has 0 bridgehead atoms. The summed E-state index contributed by atoms with van der Waals surface area (Å²) in [6, 6.07) is 10.5. The Morgan fingerprint density at radius 2 is 2.44 bits per heavy atom. The smallest absolute Gasteiger partial charge is 0.0683 e. The van der Waals surface area contributed by atoms with Crippen molar-refractivity contribution in [3.05, 3.63) is 30.3 Å². The molecular formula is C7H8NO. The van der Waals surface area contributed by atoms with Crippen LogP contribution in [0.5, 0.6) is 0 Å². The number of rotatable bonds is 2. The maximum Gasteiger partial charge on any atom is 0.0683 e. The van der Waals surface area contributed by atoms with Gasteiger partial charge in [0.15, 0.2) is 0 Å². The number of nitrogens with one attached hydrogen (secondary N) is 1. The maximum atomic E-state index is 4.65. The fraction of sp³-hybridized carbons (Fsp3) is 0.143. The molecule has 1 radical (unpaired) electrons. The molecule has 1 aromatic carbocycles. The average Bonchev–Trinajstić information content (AvgIpc) is 1.91. The minimum absolute atomic E-state index is 0.847. The summed E-state index contributed by atoms with van der Waals surface area (Å²) in [4.78, 5) is 4.65. The van der Waals surface area contributed by atoms with E-state index in [1.807, 2.05) is 24.3 Å². The Morgan fingerprint density at radius 1 is 1.56 bits per heavy atom.